The molecular weight excluding hydrogens is 471 g/mol. The number of ether oxygens (including phenoxy) is 1. The van der Waals surface area contributed by atoms with Crippen LogP contribution in [0.5, 0.6) is 5.75 Å². The smallest absolute Gasteiger partial charge is 0.250 e. The van der Waals surface area contributed by atoms with Crippen molar-refractivity contribution in [3.8, 4) is 18.1 Å². The second kappa shape index (κ2) is 10.3. The fourth-order valence-corrected chi connectivity index (χ4v) is 4.07. The Labute approximate surface area is 212 Å². The molecule has 0 bridgehead atoms. The molecule has 5 aromatic rings. The minimum absolute atomic E-state index is 0.0371. The van der Waals surface area contributed by atoms with Crippen molar-refractivity contribution in [2.24, 2.45) is 0 Å². The molecular formula is C28H23FN6O2. The van der Waals surface area contributed by atoms with Crippen LogP contribution in [0.4, 0.5) is 10.2 Å². The Kier molecular flexibility index (Phi) is 6.64. The zero-order chi connectivity index (χ0) is 25.8. The van der Waals surface area contributed by atoms with E-state index in [1.807, 2.05) is 36.5 Å². The molecule has 0 atom stereocenters. The number of aromatic nitrogens is 5. The highest BCUT2D eigenvalue weighted by atomic mass is 19.1. The molecule has 1 N–H and O–H groups in total. The summed E-state index contributed by atoms with van der Waals surface area (Å²) in [5, 5.41) is 8.42. The van der Waals surface area contributed by atoms with Crippen LogP contribution in [0.25, 0.3) is 11.0 Å². The van der Waals surface area contributed by atoms with Crippen LogP contribution in [0.2, 0.25) is 0 Å². The number of benzene rings is 2. The van der Waals surface area contributed by atoms with Crippen molar-refractivity contribution in [1.29, 1.82) is 0 Å². The van der Waals surface area contributed by atoms with Crippen molar-refractivity contribution in [2.75, 3.05) is 12.4 Å². The molecule has 3 aromatic heterocycles. The molecule has 8 nitrogen and oxygen atoms in total. The third-order valence-electron chi connectivity index (χ3n) is 6.00. The SMILES string of the molecule is C#Cc1ccc(OC)c(F)c1CNc1ncnc2nn(Cc3ccc(Cn4ccccc4=O)cc3)cc12. The Morgan fingerprint density at radius 3 is 2.57 bits per heavy atom. The molecule has 0 aliphatic rings. The Hall–Kier alpha value is -4.97. The first-order valence-electron chi connectivity index (χ1n) is 11.5. The van der Waals surface area contributed by atoms with E-state index in [1.54, 1.807) is 33.6 Å². The van der Waals surface area contributed by atoms with Gasteiger partial charge in [-0.25, -0.2) is 14.4 Å². The standard InChI is InChI=1S/C28H23FN6O2/c1-3-21-11-12-24(37-2)26(29)22(21)14-30-27-23-17-35(33-28(23)32-18-31-27)16-20-9-7-19(8-10-20)15-34-13-5-4-6-25(34)36/h1,4-13,17-18H,14-16H2,2H3,(H,30,31,32,33). The molecule has 5 rings (SSSR count). The molecule has 0 saturated heterocycles. The van der Waals surface area contributed by atoms with Gasteiger partial charge in [-0.1, -0.05) is 36.3 Å². The van der Waals surface area contributed by atoms with Crippen molar-refractivity contribution in [1.82, 2.24) is 24.3 Å². The number of hydrogen-bond acceptors (Lipinski definition) is 6. The molecule has 0 saturated carbocycles. The first-order valence-corrected chi connectivity index (χ1v) is 11.5. The maximum absolute atomic E-state index is 14.8. The van der Waals surface area contributed by atoms with Crippen LogP contribution < -0.4 is 15.6 Å². The van der Waals surface area contributed by atoms with Gasteiger partial charge in [0.1, 0.15) is 12.1 Å². The summed E-state index contributed by atoms with van der Waals surface area (Å²) in [6, 6.07) is 16.3. The monoisotopic (exact) mass is 494 g/mol. The van der Waals surface area contributed by atoms with Gasteiger partial charge in [-0.05, 0) is 29.3 Å². The van der Waals surface area contributed by atoms with E-state index in [0.29, 0.717) is 41.1 Å². The van der Waals surface area contributed by atoms with Crippen molar-refractivity contribution in [3.63, 3.8) is 0 Å². The Bertz CT molecular complexity index is 1670. The Morgan fingerprint density at radius 2 is 1.84 bits per heavy atom. The van der Waals surface area contributed by atoms with Crippen molar-refractivity contribution < 1.29 is 9.13 Å². The molecule has 0 amide bonds. The topological polar surface area (TPSA) is 86.9 Å². The molecule has 0 aliphatic heterocycles. The van der Waals surface area contributed by atoms with Gasteiger partial charge >= 0.3 is 0 Å². The van der Waals surface area contributed by atoms with Gasteiger partial charge in [0.05, 0.1) is 25.6 Å². The number of methoxy groups -OCH3 is 1. The van der Waals surface area contributed by atoms with E-state index in [-0.39, 0.29) is 17.9 Å². The summed E-state index contributed by atoms with van der Waals surface area (Å²) in [5.41, 5.74) is 3.30. The van der Waals surface area contributed by atoms with Crippen LogP contribution in [-0.2, 0) is 19.6 Å². The van der Waals surface area contributed by atoms with Crippen LogP contribution in [0, 0.1) is 18.2 Å². The fourth-order valence-electron chi connectivity index (χ4n) is 4.07. The molecule has 0 unspecified atom stereocenters. The van der Waals surface area contributed by atoms with Crippen LogP contribution in [0.3, 0.4) is 0 Å². The molecule has 0 spiro atoms. The number of pyridine rings is 1. The first-order chi connectivity index (χ1) is 18.1. The number of halogens is 1. The number of hydrogen-bond donors (Lipinski definition) is 1. The molecule has 0 aliphatic carbocycles. The summed E-state index contributed by atoms with van der Waals surface area (Å²) < 4.78 is 23.3. The van der Waals surface area contributed by atoms with E-state index < -0.39 is 5.82 Å². The lowest BCUT2D eigenvalue weighted by Crippen LogP contribution is -2.18. The fraction of sp³-hybridized carbons (Fsp3) is 0.143. The van der Waals surface area contributed by atoms with E-state index in [9.17, 15) is 9.18 Å². The number of terminal acetylenes is 1. The summed E-state index contributed by atoms with van der Waals surface area (Å²) in [7, 11) is 1.41. The second-order valence-electron chi connectivity index (χ2n) is 8.38. The van der Waals surface area contributed by atoms with E-state index in [1.165, 1.54) is 19.5 Å². The molecule has 9 heteroatoms. The van der Waals surface area contributed by atoms with Gasteiger partial charge in [-0.3, -0.25) is 9.48 Å². The third kappa shape index (κ3) is 5.04. The zero-order valence-corrected chi connectivity index (χ0v) is 20.1. The largest absolute Gasteiger partial charge is 0.494 e. The summed E-state index contributed by atoms with van der Waals surface area (Å²) in [6.07, 6.45) is 10.6. The van der Waals surface area contributed by atoms with Gasteiger partial charge in [0.2, 0.25) is 0 Å². The minimum atomic E-state index is -0.507. The Balaban J connectivity index is 1.33. The minimum Gasteiger partial charge on any atom is -0.494 e. The number of nitrogens with zero attached hydrogens (tertiary/aromatic N) is 5. The number of fused-ring (bicyclic) bond motifs is 1. The number of nitrogens with one attached hydrogen (secondary N) is 1. The lowest BCUT2D eigenvalue weighted by Gasteiger charge is -2.11. The average molecular weight is 495 g/mol. The number of rotatable bonds is 8. The van der Waals surface area contributed by atoms with Gasteiger partial charge in [0, 0.05) is 36.1 Å². The first kappa shape index (κ1) is 23.8. The maximum Gasteiger partial charge on any atom is 0.250 e. The quantitative estimate of drug-likeness (QED) is 0.330. The average Bonchev–Trinajstić information content (AvgIpc) is 3.33. The van der Waals surface area contributed by atoms with Gasteiger partial charge < -0.3 is 14.6 Å². The summed E-state index contributed by atoms with van der Waals surface area (Å²) in [5.74, 6) is 2.65. The van der Waals surface area contributed by atoms with Gasteiger partial charge in [-0.15, -0.1) is 6.42 Å². The predicted molar refractivity (Wildman–Crippen MR) is 139 cm³/mol. The molecule has 0 radical (unpaired) electrons. The molecule has 2 aromatic carbocycles. The van der Waals surface area contributed by atoms with E-state index in [4.69, 9.17) is 11.2 Å². The highest BCUT2D eigenvalue weighted by molar-refractivity contribution is 5.85. The van der Waals surface area contributed by atoms with Crippen LogP contribution >= 0.6 is 0 Å². The zero-order valence-electron chi connectivity index (χ0n) is 20.1. The van der Waals surface area contributed by atoms with E-state index >= 15 is 0 Å². The highest BCUT2D eigenvalue weighted by Gasteiger charge is 2.15. The summed E-state index contributed by atoms with van der Waals surface area (Å²) in [4.78, 5) is 20.5. The van der Waals surface area contributed by atoms with E-state index in [0.717, 1.165) is 11.1 Å². The highest BCUT2D eigenvalue weighted by Crippen LogP contribution is 2.25. The second-order valence-corrected chi connectivity index (χ2v) is 8.38. The third-order valence-corrected chi connectivity index (χ3v) is 6.00. The Morgan fingerprint density at radius 1 is 1.05 bits per heavy atom. The normalized spacial score (nSPS) is 10.8. The summed E-state index contributed by atoms with van der Waals surface area (Å²) >= 11 is 0. The van der Waals surface area contributed by atoms with E-state index in [2.05, 4.69) is 26.3 Å². The van der Waals surface area contributed by atoms with Crippen LogP contribution in [-0.4, -0.2) is 31.4 Å². The van der Waals surface area contributed by atoms with Gasteiger partial charge in [0.15, 0.2) is 17.2 Å². The maximum atomic E-state index is 14.8. The van der Waals surface area contributed by atoms with Gasteiger partial charge in [-0.2, -0.15) is 5.10 Å². The lowest BCUT2D eigenvalue weighted by molar-refractivity contribution is 0.384. The van der Waals surface area contributed by atoms with Crippen LogP contribution in [0.15, 0.2) is 78.1 Å². The van der Waals surface area contributed by atoms with Crippen molar-refractivity contribution in [3.05, 3.63) is 112 Å². The molecule has 3 heterocycles. The lowest BCUT2D eigenvalue weighted by atomic mass is 10.1. The van der Waals surface area contributed by atoms with Gasteiger partial charge in [0.25, 0.3) is 5.56 Å². The molecule has 37 heavy (non-hydrogen) atoms. The molecule has 0 fully saturated rings. The molecule has 184 valence electrons. The van der Waals surface area contributed by atoms with Crippen molar-refractivity contribution >= 4 is 16.9 Å². The van der Waals surface area contributed by atoms with Crippen LogP contribution in [0.1, 0.15) is 22.3 Å². The number of anilines is 1. The van der Waals surface area contributed by atoms with Crippen molar-refractivity contribution in [2.45, 2.75) is 19.6 Å². The predicted octanol–water partition coefficient (Wildman–Crippen LogP) is 3.83. The summed E-state index contributed by atoms with van der Waals surface area (Å²) in [6.45, 7) is 1.14.